The van der Waals surface area contributed by atoms with Crippen molar-refractivity contribution in [2.24, 2.45) is 0 Å². The number of aliphatic hydroxyl groups excluding tert-OH is 1. The van der Waals surface area contributed by atoms with Crippen LogP contribution in [0.1, 0.15) is 36.1 Å². The number of carbonyl (C=O) groups is 1. The van der Waals surface area contributed by atoms with Crippen LogP contribution in [0.2, 0.25) is 0 Å². The Labute approximate surface area is 214 Å². The van der Waals surface area contributed by atoms with Gasteiger partial charge in [0.25, 0.3) is 5.92 Å². The molecule has 190 valence electrons. The number of aliphatic hydroxyl groups is 1. The number of rotatable bonds is 10. The van der Waals surface area contributed by atoms with E-state index in [1.807, 2.05) is 42.5 Å². The number of anilines is 2. The van der Waals surface area contributed by atoms with Gasteiger partial charge in [0.2, 0.25) is 5.91 Å². The van der Waals surface area contributed by atoms with Gasteiger partial charge in [-0.1, -0.05) is 73.7 Å². The minimum Gasteiger partial charge on any atom is -0.394 e. The molecule has 0 spiro atoms. The van der Waals surface area contributed by atoms with Crippen LogP contribution in [0.25, 0.3) is 11.3 Å². The van der Waals surface area contributed by atoms with E-state index in [4.69, 9.17) is 0 Å². The molecule has 0 aliphatic rings. The van der Waals surface area contributed by atoms with Crippen LogP contribution in [0, 0.1) is 0 Å². The molecule has 3 N–H and O–H groups in total. The van der Waals surface area contributed by atoms with Crippen LogP contribution in [-0.4, -0.2) is 27.6 Å². The van der Waals surface area contributed by atoms with Gasteiger partial charge < -0.3 is 15.7 Å². The van der Waals surface area contributed by atoms with Crippen LogP contribution in [-0.2, 0) is 17.1 Å². The quantitative estimate of drug-likeness (QED) is 0.249. The highest BCUT2D eigenvalue weighted by molar-refractivity contribution is 5.92. The first kappa shape index (κ1) is 25.9. The molecule has 6 nitrogen and oxygen atoms in total. The maximum absolute atomic E-state index is 13.8. The second-order valence-corrected chi connectivity index (χ2v) is 8.60. The number of nitrogens with one attached hydrogen (secondary N) is 2. The first-order valence-corrected chi connectivity index (χ1v) is 12.0. The number of hydrogen-bond acceptors (Lipinski definition) is 5. The summed E-state index contributed by atoms with van der Waals surface area (Å²) in [5.41, 5.74) is 3.51. The second-order valence-electron chi connectivity index (χ2n) is 8.60. The first-order valence-electron chi connectivity index (χ1n) is 12.0. The number of halogens is 2. The van der Waals surface area contributed by atoms with Crippen molar-refractivity contribution < 1.29 is 18.7 Å². The maximum Gasteiger partial charge on any atom is 0.273 e. The van der Waals surface area contributed by atoms with Gasteiger partial charge in [0.15, 0.2) is 5.82 Å². The number of amides is 1. The molecular formula is C29H28F2N4O2. The summed E-state index contributed by atoms with van der Waals surface area (Å²) in [4.78, 5) is 21.4. The molecule has 0 bridgehead atoms. The molecule has 1 atom stereocenters. The Kier molecular flexibility index (Phi) is 8.20. The molecule has 8 heteroatoms. The van der Waals surface area contributed by atoms with E-state index in [-0.39, 0.29) is 37.0 Å². The van der Waals surface area contributed by atoms with Gasteiger partial charge >= 0.3 is 0 Å². The predicted molar refractivity (Wildman–Crippen MR) is 140 cm³/mol. The molecule has 0 saturated heterocycles. The lowest BCUT2D eigenvalue weighted by Gasteiger charge is -2.19. The Morgan fingerprint density at radius 2 is 1.62 bits per heavy atom. The molecule has 4 rings (SSSR count). The Bertz CT molecular complexity index is 1310. The van der Waals surface area contributed by atoms with E-state index < -0.39 is 5.92 Å². The van der Waals surface area contributed by atoms with Crippen molar-refractivity contribution in [1.82, 2.24) is 9.97 Å². The highest BCUT2D eigenvalue weighted by Crippen LogP contribution is 2.31. The summed E-state index contributed by atoms with van der Waals surface area (Å²) in [5, 5.41) is 16.0. The standard InChI is InChI=1S/C29H28F2N4O2/c1-2-29(30,31)23-12-8-20(9-13-23)18-26(37)34-24-14-10-22(11-15-24)27-28(33-17-16-32-27)35-25(19-36)21-6-4-3-5-7-21/h3-17,25,36H,2,18-19H2,1H3,(H,33,35)(H,34,37). The Hall–Kier alpha value is -4.17. The molecule has 0 saturated carbocycles. The lowest BCUT2D eigenvalue weighted by Crippen LogP contribution is -2.16. The Morgan fingerprint density at radius 1 is 0.946 bits per heavy atom. The zero-order valence-corrected chi connectivity index (χ0v) is 20.4. The number of aromatic nitrogens is 2. The van der Waals surface area contributed by atoms with Gasteiger partial charge in [-0.2, -0.15) is 0 Å². The van der Waals surface area contributed by atoms with Crippen LogP contribution < -0.4 is 10.6 Å². The maximum atomic E-state index is 13.8. The Morgan fingerprint density at radius 3 is 2.27 bits per heavy atom. The summed E-state index contributed by atoms with van der Waals surface area (Å²) in [6.45, 7) is 1.32. The van der Waals surface area contributed by atoms with E-state index in [0.717, 1.165) is 11.1 Å². The molecule has 0 radical (unpaired) electrons. The van der Waals surface area contributed by atoms with E-state index in [0.29, 0.717) is 22.8 Å². The first-order chi connectivity index (χ1) is 17.9. The summed E-state index contributed by atoms with van der Waals surface area (Å²) < 4.78 is 27.6. The lowest BCUT2D eigenvalue weighted by atomic mass is 10.0. The van der Waals surface area contributed by atoms with Crippen LogP contribution in [0.4, 0.5) is 20.3 Å². The highest BCUT2D eigenvalue weighted by atomic mass is 19.3. The predicted octanol–water partition coefficient (Wildman–Crippen LogP) is 5.97. The average molecular weight is 503 g/mol. The third-order valence-corrected chi connectivity index (χ3v) is 6.02. The molecule has 1 unspecified atom stereocenters. The van der Waals surface area contributed by atoms with Crippen molar-refractivity contribution in [3.63, 3.8) is 0 Å². The van der Waals surface area contributed by atoms with Crippen molar-refractivity contribution in [3.05, 3.63) is 108 Å². The van der Waals surface area contributed by atoms with Gasteiger partial charge in [0.05, 0.1) is 19.1 Å². The number of hydrogen-bond donors (Lipinski definition) is 3. The van der Waals surface area contributed by atoms with Crippen LogP contribution in [0.3, 0.4) is 0 Å². The van der Waals surface area contributed by atoms with Crippen molar-refractivity contribution in [1.29, 1.82) is 0 Å². The second kappa shape index (κ2) is 11.7. The van der Waals surface area contributed by atoms with Gasteiger partial charge in [0, 0.05) is 35.6 Å². The SMILES string of the molecule is CCC(F)(F)c1ccc(CC(=O)Nc2ccc(-c3nccnc3NC(CO)c3ccccc3)cc2)cc1. The molecule has 3 aromatic carbocycles. The molecule has 4 aromatic rings. The minimum atomic E-state index is -2.87. The summed E-state index contributed by atoms with van der Waals surface area (Å²) in [6, 6.07) is 22.2. The summed E-state index contributed by atoms with van der Waals surface area (Å²) in [7, 11) is 0. The fourth-order valence-electron chi connectivity index (χ4n) is 3.91. The van der Waals surface area contributed by atoms with Crippen molar-refractivity contribution in [2.45, 2.75) is 31.7 Å². The van der Waals surface area contributed by atoms with E-state index in [1.54, 1.807) is 36.7 Å². The smallest absolute Gasteiger partial charge is 0.273 e. The minimum absolute atomic E-state index is 0.0540. The molecule has 37 heavy (non-hydrogen) atoms. The third kappa shape index (κ3) is 6.54. The van der Waals surface area contributed by atoms with Gasteiger partial charge in [0.1, 0.15) is 5.69 Å². The van der Waals surface area contributed by atoms with E-state index in [2.05, 4.69) is 20.6 Å². The van der Waals surface area contributed by atoms with Crippen LogP contribution in [0.5, 0.6) is 0 Å². The fraction of sp³-hybridized carbons (Fsp3) is 0.207. The number of alkyl halides is 2. The van der Waals surface area contributed by atoms with E-state index in [1.165, 1.54) is 19.1 Å². The van der Waals surface area contributed by atoms with Gasteiger partial charge in [-0.3, -0.25) is 9.78 Å². The van der Waals surface area contributed by atoms with Crippen molar-refractivity contribution >= 4 is 17.4 Å². The number of benzene rings is 3. The third-order valence-electron chi connectivity index (χ3n) is 6.02. The zero-order chi connectivity index (χ0) is 26.3. The summed E-state index contributed by atoms with van der Waals surface area (Å²) >= 11 is 0. The van der Waals surface area contributed by atoms with Crippen molar-refractivity contribution in [2.75, 3.05) is 17.2 Å². The molecule has 0 fully saturated rings. The summed E-state index contributed by atoms with van der Waals surface area (Å²) in [6.07, 6.45) is 2.97. The van der Waals surface area contributed by atoms with Crippen LogP contribution in [0.15, 0.2) is 91.3 Å². The normalized spacial score (nSPS) is 12.1. The Balaban J connectivity index is 1.42. The van der Waals surface area contributed by atoms with Gasteiger partial charge in [-0.15, -0.1) is 0 Å². The van der Waals surface area contributed by atoms with E-state index >= 15 is 0 Å². The largest absolute Gasteiger partial charge is 0.394 e. The highest BCUT2D eigenvalue weighted by Gasteiger charge is 2.28. The molecule has 0 aliphatic carbocycles. The zero-order valence-electron chi connectivity index (χ0n) is 20.4. The molecule has 0 aliphatic heterocycles. The molecular weight excluding hydrogens is 474 g/mol. The molecule has 1 aromatic heterocycles. The topological polar surface area (TPSA) is 87.1 Å². The monoisotopic (exact) mass is 502 g/mol. The van der Waals surface area contributed by atoms with Crippen LogP contribution >= 0.6 is 0 Å². The summed E-state index contributed by atoms with van der Waals surface area (Å²) in [5.74, 6) is -2.60. The molecule has 1 heterocycles. The van der Waals surface area contributed by atoms with E-state index in [9.17, 15) is 18.7 Å². The average Bonchev–Trinajstić information content (AvgIpc) is 2.93. The number of carbonyl (C=O) groups excluding carboxylic acids is 1. The van der Waals surface area contributed by atoms with Crippen molar-refractivity contribution in [3.8, 4) is 11.3 Å². The van der Waals surface area contributed by atoms with Gasteiger partial charge in [-0.05, 0) is 23.3 Å². The molecule has 1 amide bonds. The fourth-order valence-corrected chi connectivity index (χ4v) is 3.91. The number of nitrogens with zero attached hydrogens (tertiary/aromatic N) is 2. The van der Waals surface area contributed by atoms with Gasteiger partial charge in [-0.25, -0.2) is 13.8 Å². The lowest BCUT2D eigenvalue weighted by molar-refractivity contribution is -0.115.